The Kier molecular flexibility index (Phi) is 4.02. The Hall–Kier alpha value is -0.590. The second-order valence-electron chi connectivity index (χ2n) is 2.36. The second kappa shape index (κ2) is 4.30. The molecule has 0 heterocycles. The van der Waals surface area contributed by atoms with Crippen molar-refractivity contribution >= 4 is 5.71 Å². The summed E-state index contributed by atoms with van der Waals surface area (Å²) >= 11 is 0. The SMILES string of the molecule is C/C=C\C(C)=NC(C)C. The van der Waals surface area contributed by atoms with Gasteiger partial charge in [-0.1, -0.05) is 6.08 Å². The van der Waals surface area contributed by atoms with Crippen molar-refractivity contribution in [3.05, 3.63) is 12.2 Å². The minimum atomic E-state index is 0.418. The van der Waals surface area contributed by atoms with Crippen LogP contribution < -0.4 is 0 Å². The maximum absolute atomic E-state index is 4.30. The Bertz CT molecular complexity index is 121. The minimum Gasteiger partial charge on any atom is -0.287 e. The molecule has 9 heavy (non-hydrogen) atoms. The average Bonchev–Trinajstić information content (AvgIpc) is 1.63. The van der Waals surface area contributed by atoms with E-state index in [2.05, 4.69) is 18.8 Å². The standard InChI is InChI=1S/C8H15N/c1-5-6-8(4)9-7(2)3/h5-7H,1-4H3/b6-5-,9-8?. The highest BCUT2D eigenvalue weighted by atomic mass is 14.8. The molecule has 0 bridgehead atoms. The predicted octanol–water partition coefficient (Wildman–Crippen LogP) is 2.43. The first-order chi connectivity index (χ1) is 4.16. The number of hydrogen-bond donors (Lipinski definition) is 0. The van der Waals surface area contributed by atoms with Gasteiger partial charge in [0.15, 0.2) is 0 Å². The van der Waals surface area contributed by atoms with E-state index in [9.17, 15) is 0 Å². The van der Waals surface area contributed by atoms with Crippen molar-refractivity contribution in [3.8, 4) is 0 Å². The monoisotopic (exact) mass is 125 g/mol. The fourth-order valence-corrected chi connectivity index (χ4v) is 0.692. The van der Waals surface area contributed by atoms with Crippen molar-refractivity contribution in [2.45, 2.75) is 33.7 Å². The summed E-state index contributed by atoms with van der Waals surface area (Å²) in [5.41, 5.74) is 1.10. The van der Waals surface area contributed by atoms with Gasteiger partial charge in [0.25, 0.3) is 0 Å². The van der Waals surface area contributed by atoms with Gasteiger partial charge in [0.1, 0.15) is 0 Å². The first-order valence-electron chi connectivity index (χ1n) is 3.34. The Morgan fingerprint density at radius 2 is 2.00 bits per heavy atom. The molecular weight excluding hydrogens is 110 g/mol. The lowest BCUT2D eigenvalue weighted by atomic mass is 10.3. The highest BCUT2D eigenvalue weighted by molar-refractivity contribution is 5.92. The minimum absolute atomic E-state index is 0.418. The molecule has 0 aliphatic rings. The van der Waals surface area contributed by atoms with E-state index in [0.717, 1.165) is 5.71 Å². The number of allylic oxidation sites excluding steroid dienone is 2. The maximum Gasteiger partial charge on any atom is 0.0446 e. The summed E-state index contributed by atoms with van der Waals surface area (Å²) in [6.07, 6.45) is 4.02. The van der Waals surface area contributed by atoms with E-state index in [0.29, 0.717) is 6.04 Å². The van der Waals surface area contributed by atoms with Crippen LogP contribution in [0.5, 0.6) is 0 Å². The van der Waals surface area contributed by atoms with Crippen LogP contribution in [0.1, 0.15) is 27.7 Å². The van der Waals surface area contributed by atoms with E-state index in [1.165, 1.54) is 0 Å². The van der Waals surface area contributed by atoms with Gasteiger partial charge in [0.05, 0.1) is 0 Å². The highest BCUT2D eigenvalue weighted by Gasteiger charge is 1.85. The molecule has 0 fully saturated rings. The molecule has 0 rings (SSSR count). The van der Waals surface area contributed by atoms with Crippen molar-refractivity contribution in [2.75, 3.05) is 0 Å². The summed E-state index contributed by atoms with van der Waals surface area (Å²) < 4.78 is 0. The molecule has 0 atom stereocenters. The van der Waals surface area contributed by atoms with Crippen molar-refractivity contribution in [1.29, 1.82) is 0 Å². The molecule has 0 saturated carbocycles. The quantitative estimate of drug-likeness (QED) is 0.503. The Balaban J connectivity index is 3.84. The van der Waals surface area contributed by atoms with Gasteiger partial charge in [-0.3, -0.25) is 4.99 Å². The van der Waals surface area contributed by atoms with Gasteiger partial charge in [-0.05, 0) is 33.8 Å². The summed E-state index contributed by atoms with van der Waals surface area (Å²) in [7, 11) is 0. The number of aliphatic imine (C=N–C) groups is 1. The molecule has 0 saturated heterocycles. The first kappa shape index (κ1) is 8.41. The lowest BCUT2D eigenvalue weighted by Crippen LogP contribution is -1.93. The van der Waals surface area contributed by atoms with Crippen LogP contribution in [-0.2, 0) is 0 Å². The molecule has 0 spiro atoms. The molecule has 1 heteroatoms. The van der Waals surface area contributed by atoms with Gasteiger partial charge in [-0.2, -0.15) is 0 Å². The molecule has 52 valence electrons. The zero-order valence-electron chi connectivity index (χ0n) is 6.68. The fourth-order valence-electron chi connectivity index (χ4n) is 0.692. The van der Waals surface area contributed by atoms with Gasteiger partial charge in [-0.25, -0.2) is 0 Å². The van der Waals surface area contributed by atoms with Crippen molar-refractivity contribution in [1.82, 2.24) is 0 Å². The van der Waals surface area contributed by atoms with Gasteiger partial charge < -0.3 is 0 Å². The van der Waals surface area contributed by atoms with Crippen molar-refractivity contribution in [3.63, 3.8) is 0 Å². The van der Waals surface area contributed by atoms with E-state index in [4.69, 9.17) is 0 Å². The third-order valence-electron chi connectivity index (χ3n) is 0.870. The van der Waals surface area contributed by atoms with E-state index >= 15 is 0 Å². The molecule has 0 radical (unpaired) electrons. The highest BCUT2D eigenvalue weighted by Crippen LogP contribution is 1.88. The van der Waals surface area contributed by atoms with Crippen LogP contribution in [0.4, 0.5) is 0 Å². The summed E-state index contributed by atoms with van der Waals surface area (Å²) in [5, 5.41) is 0. The third-order valence-corrected chi connectivity index (χ3v) is 0.870. The summed E-state index contributed by atoms with van der Waals surface area (Å²) in [4.78, 5) is 4.30. The summed E-state index contributed by atoms with van der Waals surface area (Å²) in [6.45, 7) is 8.17. The molecule has 0 aliphatic carbocycles. The Morgan fingerprint density at radius 1 is 1.44 bits per heavy atom. The average molecular weight is 125 g/mol. The number of hydrogen-bond acceptors (Lipinski definition) is 1. The molecule has 0 unspecified atom stereocenters. The Labute approximate surface area is 57.5 Å². The zero-order valence-corrected chi connectivity index (χ0v) is 6.68. The topological polar surface area (TPSA) is 12.4 Å². The Morgan fingerprint density at radius 3 is 2.33 bits per heavy atom. The van der Waals surface area contributed by atoms with Crippen molar-refractivity contribution < 1.29 is 0 Å². The molecule has 0 aliphatic heterocycles. The largest absolute Gasteiger partial charge is 0.287 e. The molecule has 0 aromatic rings. The zero-order chi connectivity index (χ0) is 7.28. The smallest absolute Gasteiger partial charge is 0.0446 e. The van der Waals surface area contributed by atoms with Crippen LogP contribution in [-0.4, -0.2) is 11.8 Å². The van der Waals surface area contributed by atoms with Gasteiger partial charge in [0.2, 0.25) is 0 Å². The molecule has 0 amide bonds. The van der Waals surface area contributed by atoms with Crippen LogP contribution in [0.3, 0.4) is 0 Å². The molecular formula is C8H15N. The predicted molar refractivity (Wildman–Crippen MR) is 43.1 cm³/mol. The van der Waals surface area contributed by atoms with E-state index in [1.54, 1.807) is 0 Å². The van der Waals surface area contributed by atoms with Crippen LogP contribution in [0.2, 0.25) is 0 Å². The van der Waals surface area contributed by atoms with Gasteiger partial charge in [0, 0.05) is 11.8 Å². The van der Waals surface area contributed by atoms with Gasteiger partial charge in [-0.15, -0.1) is 0 Å². The first-order valence-corrected chi connectivity index (χ1v) is 3.34. The maximum atomic E-state index is 4.30. The normalized spacial score (nSPS) is 13.7. The van der Waals surface area contributed by atoms with Crippen LogP contribution in [0, 0.1) is 0 Å². The molecule has 0 aromatic carbocycles. The lowest BCUT2D eigenvalue weighted by Gasteiger charge is -1.95. The molecule has 0 aromatic heterocycles. The van der Waals surface area contributed by atoms with E-state index < -0.39 is 0 Å². The molecule has 0 N–H and O–H groups in total. The fraction of sp³-hybridized carbons (Fsp3) is 0.625. The summed E-state index contributed by atoms with van der Waals surface area (Å²) in [5.74, 6) is 0. The van der Waals surface area contributed by atoms with Crippen molar-refractivity contribution in [2.24, 2.45) is 4.99 Å². The van der Waals surface area contributed by atoms with E-state index in [-0.39, 0.29) is 0 Å². The molecule has 1 nitrogen and oxygen atoms in total. The van der Waals surface area contributed by atoms with Gasteiger partial charge >= 0.3 is 0 Å². The van der Waals surface area contributed by atoms with Crippen LogP contribution in [0.25, 0.3) is 0 Å². The number of rotatable bonds is 2. The second-order valence-corrected chi connectivity index (χ2v) is 2.36. The van der Waals surface area contributed by atoms with Crippen LogP contribution >= 0.6 is 0 Å². The third kappa shape index (κ3) is 5.28. The van der Waals surface area contributed by atoms with Crippen LogP contribution in [0.15, 0.2) is 17.1 Å². The summed E-state index contributed by atoms with van der Waals surface area (Å²) in [6, 6.07) is 0.418. The lowest BCUT2D eigenvalue weighted by molar-refractivity contribution is 0.836. The number of nitrogens with zero attached hydrogens (tertiary/aromatic N) is 1. The van der Waals surface area contributed by atoms with E-state index in [1.807, 2.05) is 26.0 Å².